The zero-order chi connectivity index (χ0) is 49.9. The van der Waals surface area contributed by atoms with Crippen LogP contribution < -0.4 is 36.3 Å². The second-order valence-corrected chi connectivity index (χ2v) is 30.1. The highest BCUT2D eigenvalue weighted by molar-refractivity contribution is 7.00. The lowest BCUT2D eigenvalue weighted by molar-refractivity contribution is 0.195. The average molecular weight is 947 g/mol. The van der Waals surface area contributed by atoms with Crippen molar-refractivity contribution in [3.05, 3.63) is 155 Å². The van der Waals surface area contributed by atoms with E-state index in [0.29, 0.717) is 5.56 Å². The Morgan fingerprint density at radius 2 is 1.27 bits per heavy atom. The number of aryl methyl sites for hydroxylation is 2. The molecule has 8 aromatic rings. The normalized spacial score (nSPS) is 19.1. The first-order valence-electron chi connectivity index (χ1n) is 26.1. The molecule has 0 amide bonds. The van der Waals surface area contributed by atoms with Gasteiger partial charge in [-0.05, 0) is 149 Å². The van der Waals surface area contributed by atoms with Gasteiger partial charge in [-0.2, -0.15) is 5.26 Å². The standard InChI is InChI=1S/C64H67BN4OSi/c1-39-32-42(61(3,4)5)33-40(2)58(39)68-52-36-46(67(44-22-20-41(38-66)21-23-44)45-24-26-47(27-25-45)71(11,12)13)37-53-57(52)65(50-28-29-55-56(60(50)68)48-18-14-15-19-54(48)70-55)51-35-43(62(6,7)8)34-49-59(51)69(53)64(10)31-17-16-30-63(49,64)9/h14-15,18-29,32-37H,16-17,30-31H2,1-13H3. The van der Waals surface area contributed by atoms with Gasteiger partial charge in [0.2, 0.25) is 0 Å². The van der Waals surface area contributed by atoms with E-state index in [-0.39, 0.29) is 28.5 Å². The minimum absolute atomic E-state index is 0.0251. The fourth-order valence-corrected chi connectivity index (χ4v) is 14.6. The van der Waals surface area contributed by atoms with Gasteiger partial charge in [-0.3, -0.25) is 0 Å². The molecule has 7 aromatic carbocycles. The van der Waals surface area contributed by atoms with Crippen LogP contribution in [0.25, 0.3) is 21.9 Å². The highest BCUT2D eigenvalue weighted by Crippen LogP contribution is 2.63. The van der Waals surface area contributed by atoms with E-state index in [0.717, 1.165) is 51.8 Å². The lowest BCUT2D eigenvalue weighted by atomic mass is 9.33. The van der Waals surface area contributed by atoms with Gasteiger partial charge in [0, 0.05) is 39.2 Å². The van der Waals surface area contributed by atoms with Gasteiger partial charge in [-0.25, -0.2) is 0 Å². The quantitative estimate of drug-likeness (QED) is 0.161. The van der Waals surface area contributed by atoms with Gasteiger partial charge in [0.05, 0.1) is 47.7 Å². The molecule has 0 radical (unpaired) electrons. The number of rotatable bonds is 5. The lowest BCUT2D eigenvalue weighted by Gasteiger charge is -2.53. The predicted octanol–water partition coefficient (Wildman–Crippen LogP) is 15.0. The van der Waals surface area contributed by atoms with Crippen molar-refractivity contribution in [2.24, 2.45) is 0 Å². The van der Waals surface area contributed by atoms with Crippen molar-refractivity contribution in [1.29, 1.82) is 5.26 Å². The van der Waals surface area contributed by atoms with E-state index in [1.54, 1.807) is 0 Å². The van der Waals surface area contributed by atoms with Crippen LogP contribution in [0.15, 0.2) is 126 Å². The van der Waals surface area contributed by atoms with Gasteiger partial charge < -0.3 is 19.1 Å². The summed E-state index contributed by atoms with van der Waals surface area (Å²) >= 11 is 0. The van der Waals surface area contributed by atoms with E-state index >= 15 is 0 Å². The van der Waals surface area contributed by atoms with E-state index in [1.807, 2.05) is 12.1 Å². The number of benzene rings is 7. The first kappa shape index (κ1) is 45.6. The SMILES string of the molecule is Cc1cc(C(C)(C)C)cc(C)c1N1c2cc(N(c3ccc(C#N)cc3)c3ccc([Si](C)(C)C)cc3)cc3c2B(c2cc(C(C)(C)C)cc4c2N3C2(C)CCCCC42C)c2ccc3oc4ccccc4c3c21. The number of nitrogens with zero attached hydrogens (tertiary/aromatic N) is 4. The molecule has 1 aromatic heterocycles. The molecule has 5 nitrogen and oxygen atoms in total. The van der Waals surface area contributed by atoms with E-state index in [4.69, 9.17) is 4.42 Å². The second-order valence-electron chi connectivity index (χ2n) is 25.0. The zero-order valence-electron chi connectivity index (χ0n) is 44.1. The fourth-order valence-electron chi connectivity index (χ4n) is 13.4. The molecule has 7 heteroatoms. The summed E-state index contributed by atoms with van der Waals surface area (Å²) in [6, 6.07) is 48.4. The average Bonchev–Trinajstić information content (AvgIpc) is 3.80. The molecule has 1 aliphatic carbocycles. The molecule has 356 valence electrons. The third-order valence-corrected chi connectivity index (χ3v) is 19.5. The summed E-state index contributed by atoms with van der Waals surface area (Å²) in [5, 5.41) is 13.8. The topological polar surface area (TPSA) is 46.6 Å². The van der Waals surface area contributed by atoms with Crippen molar-refractivity contribution in [2.45, 2.75) is 136 Å². The Balaban J connectivity index is 1.27. The molecule has 4 heterocycles. The Bertz CT molecular complexity index is 3560. The Labute approximate surface area is 423 Å². The smallest absolute Gasteiger partial charge is 0.252 e. The molecule has 0 N–H and O–H groups in total. The Morgan fingerprint density at radius 3 is 1.92 bits per heavy atom. The number of anilines is 8. The zero-order valence-corrected chi connectivity index (χ0v) is 45.1. The molecular weight excluding hydrogens is 880 g/mol. The van der Waals surface area contributed by atoms with Crippen molar-refractivity contribution in [3.63, 3.8) is 0 Å². The van der Waals surface area contributed by atoms with Gasteiger partial charge in [0.25, 0.3) is 6.71 Å². The summed E-state index contributed by atoms with van der Waals surface area (Å²) < 4.78 is 6.86. The fraction of sp³-hybridized carbons (Fsp3) is 0.328. The van der Waals surface area contributed by atoms with E-state index in [2.05, 4.69) is 219 Å². The van der Waals surface area contributed by atoms with Gasteiger partial charge >= 0.3 is 0 Å². The van der Waals surface area contributed by atoms with E-state index < -0.39 is 8.07 Å². The second kappa shape index (κ2) is 15.3. The summed E-state index contributed by atoms with van der Waals surface area (Å²) in [6.07, 6.45) is 4.68. The monoisotopic (exact) mass is 947 g/mol. The molecule has 1 saturated carbocycles. The highest BCUT2D eigenvalue weighted by Gasteiger charge is 2.62. The molecule has 0 saturated heterocycles. The summed E-state index contributed by atoms with van der Waals surface area (Å²) in [4.78, 5) is 7.98. The number of furan rings is 1. The van der Waals surface area contributed by atoms with Gasteiger partial charge in [0.1, 0.15) is 11.2 Å². The molecule has 0 spiro atoms. The van der Waals surface area contributed by atoms with Crippen LogP contribution in [0.3, 0.4) is 0 Å². The molecule has 3 aliphatic heterocycles. The maximum Gasteiger partial charge on any atom is 0.252 e. The van der Waals surface area contributed by atoms with Crippen molar-refractivity contribution in [3.8, 4) is 6.07 Å². The van der Waals surface area contributed by atoms with Gasteiger partial charge in [-0.1, -0.05) is 147 Å². The maximum absolute atomic E-state index is 10.1. The third-order valence-electron chi connectivity index (χ3n) is 17.5. The van der Waals surface area contributed by atoms with Crippen LogP contribution >= 0.6 is 0 Å². The van der Waals surface area contributed by atoms with Crippen LogP contribution in [-0.2, 0) is 16.2 Å². The lowest BCUT2D eigenvalue weighted by Crippen LogP contribution is -2.64. The first-order valence-corrected chi connectivity index (χ1v) is 29.6. The number of fused-ring (bicyclic) bond motifs is 11. The van der Waals surface area contributed by atoms with Crippen molar-refractivity contribution >= 4 is 104 Å². The van der Waals surface area contributed by atoms with Crippen LogP contribution in [0.2, 0.25) is 19.6 Å². The van der Waals surface area contributed by atoms with Crippen LogP contribution in [0.4, 0.5) is 45.5 Å². The van der Waals surface area contributed by atoms with Crippen molar-refractivity contribution in [2.75, 3.05) is 14.7 Å². The third kappa shape index (κ3) is 6.55. The molecule has 0 bridgehead atoms. The molecule has 4 aliphatic rings. The molecule has 1 fully saturated rings. The molecule has 71 heavy (non-hydrogen) atoms. The number of hydrogen-bond donors (Lipinski definition) is 0. The number of hydrogen-bond acceptors (Lipinski definition) is 5. The van der Waals surface area contributed by atoms with Crippen molar-refractivity contribution in [1.82, 2.24) is 0 Å². The molecule has 2 atom stereocenters. The van der Waals surface area contributed by atoms with Crippen LogP contribution in [0.5, 0.6) is 0 Å². The Hall–Kier alpha value is -6.49. The molecule has 12 rings (SSSR count). The minimum atomic E-state index is -1.61. The maximum atomic E-state index is 10.1. The van der Waals surface area contributed by atoms with Gasteiger partial charge in [-0.15, -0.1) is 0 Å². The summed E-state index contributed by atoms with van der Waals surface area (Å²) in [7, 11) is -1.61. The van der Waals surface area contributed by atoms with E-state index in [9.17, 15) is 5.26 Å². The number of nitriles is 1. The minimum Gasteiger partial charge on any atom is -0.456 e. The molecule has 2 unspecified atom stereocenters. The van der Waals surface area contributed by atoms with E-state index in [1.165, 1.54) is 90.7 Å². The number of para-hydroxylation sites is 1. The summed E-state index contributed by atoms with van der Waals surface area (Å²) in [6.45, 7) is 31.2. The Morgan fingerprint density at radius 1 is 0.648 bits per heavy atom. The van der Waals surface area contributed by atoms with Gasteiger partial charge in [0.15, 0.2) is 0 Å². The first-order chi connectivity index (χ1) is 33.6. The van der Waals surface area contributed by atoms with Crippen LogP contribution in [-0.4, -0.2) is 20.3 Å². The summed E-state index contributed by atoms with van der Waals surface area (Å²) in [5.74, 6) is 0. The summed E-state index contributed by atoms with van der Waals surface area (Å²) in [5.41, 5.74) is 22.5. The largest absolute Gasteiger partial charge is 0.456 e. The predicted molar refractivity (Wildman–Crippen MR) is 305 cm³/mol. The van der Waals surface area contributed by atoms with Crippen LogP contribution in [0, 0.1) is 25.2 Å². The van der Waals surface area contributed by atoms with Crippen LogP contribution in [0.1, 0.15) is 114 Å². The Kier molecular flexibility index (Phi) is 9.81. The van der Waals surface area contributed by atoms with Crippen molar-refractivity contribution < 1.29 is 4.42 Å². The molecular formula is C64H67BN4OSi. The highest BCUT2D eigenvalue weighted by atomic mass is 28.3.